The molecule has 9 nitrogen and oxygen atoms in total. The van der Waals surface area contributed by atoms with Gasteiger partial charge in [-0.2, -0.15) is 0 Å². The van der Waals surface area contributed by atoms with Gasteiger partial charge in [-0.15, -0.1) is 0 Å². The Morgan fingerprint density at radius 3 is 2.73 bits per heavy atom. The topological polar surface area (TPSA) is 108 Å². The summed E-state index contributed by atoms with van der Waals surface area (Å²) in [5, 5.41) is 2.91. The summed E-state index contributed by atoms with van der Waals surface area (Å²) in [7, 11) is 1.52. The number of rotatable bonds is 5. The molecule has 0 radical (unpaired) electrons. The van der Waals surface area contributed by atoms with Crippen molar-refractivity contribution >= 4 is 16.9 Å². The highest BCUT2D eigenvalue weighted by Gasteiger charge is 2.19. The molecule has 3 heterocycles. The second-order valence-electron chi connectivity index (χ2n) is 7.47. The number of aromatic nitrogens is 4. The van der Waals surface area contributed by atoms with Gasteiger partial charge < -0.3 is 10.1 Å². The number of carbonyl (C=O) groups excluding carboxylic acids is 1. The van der Waals surface area contributed by atoms with Gasteiger partial charge in [-0.1, -0.05) is 29.8 Å². The quantitative estimate of drug-likeness (QED) is 0.667. The number of fused-ring (bicyclic) bond motifs is 1. The van der Waals surface area contributed by atoms with Crippen LogP contribution in [-0.4, -0.2) is 44.3 Å². The number of nitrogens with one attached hydrogen (secondary N) is 1. The van der Waals surface area contributed by atoms with E-state index in [1.54, 1.807) is 0 Å². The van der Waals surface area contributed by atoms with Gasteiger partial charge in [0, 0.05) is 32.0 Å². The van der Waals surface area contributed by atoms with E-state index in [9.17, 15) is 14.4 Å². The lowest BCUT2D eigenvalue weighted by atomic mass is 10.1. The Labute approximate surface area is 172 Å². The van der Waals surface area contributed by atoms with Gasteiger partial charge in [-0.25, -0.2) is 14.8 Å². The molecular formula is C21H23N5O4. The fraction of sp³-hybridized carbons (Fsp3) is 0.381. The molecule has 3 aromatic rings. The van der Waals surface area contributed by atoms with Crippen LogP contribution >= 0.6 is 0 Å². The molecule has 1 atom stereocenters. The first kappa shape index (κ1) is 20.0. The van der Waals surface area contributed by atoms with E-state index >= 15 is 0 Å². The molecular weight excluding hydrogens is 386 g/mol. The van der Waals surface area contributed by atoms with Gasteiger partial charge in [0.05, 0.1) is 6.10 Å². The highest BCUT2D eigenvalue weighted by atomic mass is 16.5. The van der Waals surface area contributed by atoms with Gasteiger partial charge in [0.15, 0.2) is 11.5 Å². The number of benzene rings is 1. The lowest BCUT2D eigenvalue weighted by Gasteiger charge is -2.13. The van der Waals surface area contributed by atoms with Crippen LogP contribution in [0.5, 0.6) is 0 Å². The normalized spacial score (nSPS) is 16.1. The molecule has 0 saturated carbocycles. The molecule has 0 unspecified atom stereocenters. The van der Waals surface area contributed by atoms with Crippen molar-refractivity contribution in [1.82, 2.24) is 24.4 Å². The van der Waals surface area contributed by atoms with Crippen LogP contribution in [0.2, 0.25) is 0 Å². The van der Waals surface area contributed by atoms with E-state index in [0.717, 1.165) is 28.5 Å². The Morgan fingerprint density at radius 2 is 2.03 bits per heavy atom. The number of hydrogen-bond donors (Lipinski definition) is 1. The average molecular weight is 409 g/mol. The third-order valence-corrected chi connectivity index (χ3v) is 5.24. The predicted octanol–water partition coefficient (Wildman–Crippen LogP) is 0.761. The molecule has 0 spiro atoms. The van der Waals surface area contributed by atoms with Crippen LogP contribution in [0.3, 0.4) is 0 Å². The zero-order valence-electron chi connectivity index (χ0n) is 16.9. The fourth-order valence-electron chi connectivity index (χ4n) is 3.50. The monoisotopic (exact) mass is 409 g/mol. The molecule has 1 fully saturated rings. The van der Waals surface area contributed by atoms with Gasteiger partial charge in [0.1, 0.15) is 11.9 Å². The maximum absolute atomic E-state index is 12.9. The third-order valence-electron chi connectivity index (χ3n) is 5.24. The summed E-state index contributed by atoms with van der Waals surface area (Å²) in [4.78, 5) is 46.6. The Balaban J connectivity index is 1.64. The number of aryl methyl sites for hydroxylation is 2. The molecule has 1 aromatic carbocycles. The van der Waals surface area contributed by atoms with Crippen LogP contribution in [0.15, 0.2) is 40.1 Å². The maximum atomic E-state index is 12.9. The van der Waals surface area contributed by atoms with Crippen molar-refractivity contribution in [3.8, 4) is 11.4 Å². The number of ether oxygens (including phenoxy) is 1. The first-order chi connectivity index (χ1) is 14.4. The average Bonchev–Trinajstić information content (AvgIpc) is 3.27. The van der Waals surface area contributed by atoms with Crippen molar-refractivity contribution in [1.29, 1.82) is 0 Å². The molecule has 1 aliphatic heterocycles. The molecule has 0 bridgehead atoms. The van der Waals surface area contributed by atoms with E-state index in [1.807, 2.05) is 31.2 Å². The Kier molecular flexibility index (Phi) is 5.45. The van der Waals surface area contributed by atoms with Crippen LogP contribution < -0.4 is 16.6 Å². The maximum Gasteiger partial charge on any atom is 0.332 e. The summed E-state index contributed by atoms with van der Waals surface area (Å²) in [5.74, 6) is 0.00482. The number of nitrogens with zero attached hydrogens (tertiary/aromatic N) is 4. The summed E-state index contributed by atoms with van der Waals surface area (Å²) in [5.41, 5.74) is 0.927. The minimum Gasteiger partial charge on any atom is -0.376 e. The highest BCUT2D eigenvalue weighted by Crippen LogP contribution is 2.17. The van der Waals surface area contributed by atoms with Gasteiger partial charge in [-0.3, -0.25) is 18.7 Å². The van der Waals surface area contributed by atoms with Crippen molar-refractivity contribution in [2.75, 3.05) is 13.2 Å². The fourth-order valence-corrected chi connectivity index (χ4v) is 3.50. The molecule has 4 rings (SSSR count). The van der Waals surface area contributed by atoms with E-state index in [1.165, 1.54) is 17.8 Å². The zero-order valence-corrected chi connectivity index (χ0v) is 16.9. The summed E-state index contributed by atoms with van der Waals surface area (Å²) < 4.78 is 7.64. The molecule has 0 aliphatic carbocycles. The number of hydrogen-bond acceptors (Lipinski definition) is 6. The van der Waals surface area contributed by atoms with Crippen LogP contribution in [0.4, 0.5) is 0 Å². The van der Waals surface area contributed by atoms with Gasteiger partial charge in [0.25, 0.3) is 5.56 Å². The summed E-state index contributed by atoms with van der Waals surface area (Å²) in [6.45, 7) is 2.67. The molecule has 2 aromatic heterocycles. The minimum absolute atomic E-state index is 0.0151. The van der Waals surface area contributed by atoms with Gasteiger partial charge >= 0.3 is 5.69 Å². The first-order valence-corrected chi connectivity index (χ1v) is 9.86. The second-order valence-corrected chi connectivity index (χ2v) is 7.47. The summed E-state index contributed by atoms with van der Waals surface area (Å²) in [6, 6.07) is 7.65. The SMILES string of the molecule is Cc1ccc(-c2ncc3c(=O)n(CC(=O)NC[C@H]4CCCO4)c(=O)n(C)c3n2)cc1. The van der Waals surface area contributed by atoms with Crippen molar-refractivity contribution in [3.63, 3.8) is 0 Å². The van der Waals surface area contributed by atoms with Crippen molar-refractivity contribution in [2.45, 2.75) is 32.4 Å². The van der Waals surface area contributed by atoms with Crippen LogP contribution in [0.25, 0.3) is 22.4 Å². The smallest absolute Gasteiger partial charge is 0.332 e. The van der Waals surface area contributed by atoms with Crippen LogP contribution in [0.1, 0.15) is 18.4 Å². The number of carbonyl (C=O) groups is 1. The first-order valence-electron chi connectivity index (χ1n) is 9.86. The lowest BCUT2D eigenvalue weighted by molar-refractivity contribution is -0.122. The molecule has 30 heavy (non-hydrogen) atoms. The molecule has 156 valence electrons. The van der Waals surface area contributed by atoms with E-state index < -0.39 is 17.2 Å². The Morgan fingerprint density at radius 1 is 1.27 bits per heavy atom. The molecule has 1 saturated heterocycles. The molecule has 1 amide bonds. The molecule has 1 N–H and O–H groups in total. The highest BCUT2D eigenvalue weighted by molar-refractivity contribution is 5.78. The van der Waals surface area contributed by atoms with E-state index in [2.05, 4.69) is 15.3 Å². The van der Waals surface area contributed by atoms with Gasteiger partial charge in [0.2, 0.25) is 5.91 Å². The molecule has 1 aliphatic rings. The van der Waals surface area contributed by atoms with Crippen LogP contribution in [-0.2, 0) is 23.1 Å². The standard InChI is InChI=1S/C21H23N5O4/c1-13-5-7-14(8-6-13)18-23-11-16-19(24-18)25(2)21(29)26(20(16)28)12-17(27)22-10-15-4-3-9-30-15/h5-8,11,15H,3-4,9-10,12H2,1-2H3,(H,22,27)/t15-/m1/s1. The predicted molar refractivity (Wildman–Crippen MR) is 111 cm³/mol. The van der Waals surface area contributed by atoms with E-state index in [0.29, 0.717) is 19.0 Å². The summed E-state index contributed by atoms with van der Waals surface area (Å²) in [6.07, 6.45) is 3.24. The second kappa shape index (κ2) is 8.19. The Hall–Kier alpha value is -3.33. The van der Waals surface area contributed by atoms with E-state index in [4.69, 9.17) is 4.74 Å². The minimum atomic E-state index is -0.603. The Bertz CT molecular complexity index is 1210. The van der Waals surface area contributed by atoms with Crippen molar-refractivity contribution in [3.05, 3.63) is 56.9 Å². The van der Waals surface area contributed by atoms with Crippen LogP contribution in [0, 0.1) is 6.92 Å². The van der Waals surface area contributed by atoms with Gasteiger partial charge in [-0.05, 0) is 19.8 Å². The number of amides is 1. The van der Waals surface area contributed by atoms with Crippen molar-refractivity contribution < 1.29 is 9.53 Å². The molecule has 9 heteroatoms. The third kappa shape index (κ3) is 3.88. The van der Waals surface area contributed by atoms with Crippen molar-refractivity contribution in [2.24, 2.45) is 7.05 Å². The lowest BCUT2D eigenvalue weighted by Crippen LogP contribution is -2.44. The van der Waals surface area contributed by atoms with E-state index in [-0.39, 0.29) is 23.7 Å². The zero-order chi connectivity index (χ0) is 21.3. The summed E-state index contributed by atoms with van der Waals surface area (Å²) >= 11 is 0. The largest absolute Gasteiger partial charge is 0.376 e.